The normalized spacial score (nSPS) is 10.2. The Bertz CT molecular complexity index is 538. The zero-order valence-corrected chi connectivity index (χ0v) is 10.5. The van der Waals surface area contributed by atoms with E-state index in [9.17, 15) is 9.90 Å². The van der Waals surface area contributed by atoms with Gasteiger partial charge in [-0.3, -0.25) is 4.79 Å². The minimum atomic E-state index is -0.310. The van der Waals surface area contributed by atoms with Crippen molar-refractivity contribution in [2.24, 2.45) is 0 Å². The molecule has 0 saturated carbocycles. The molecule has 18 heavy (non-hydrogen) atoms. The predicted octanol–water partition coefficient (Wildman–Crippen LogP) is 2.01. The number of aromatic hydroxyl groups is 1. The van der Waals surface area contributed by atoms with Gasteiger partial charge in [0, 0.05) is 6.54 Å². The van der Waals surface area contributed by atoms with Crippen molar-refractivity contribution in [1.82, 2.24) is 5.32 Å². The predicted molar refractivity (Wildman–Crippen MR) is 72.9 cm³/mol. The van der Waals surface area contributed by atoms with Gasteiger partial charge < -0.3 is 16.2 Å². The number of carbonyl (C=O) groups is 1. The minimum Gasteiger partial charge on any atom is -0.505 e. The number of nitrogen functional groups attached to an aromatic ring is 1. The highest BCUT2D eigenvalue weighted by Crippen LogP contribution is 2.23. The molecule has 0 spiro atoms. The van der Waals surface area contributed by atoms with Crippen LogP contribution in [-0.4, -0.2) is 17.6 Å². The lowest BCUT2D eigenvalue weighted by Gasteiger charge is -2.07. The van der Waals surface area contributed by atoms with Gasteiger partial charge in [0.1, 0.15) is 0 Å². The number of nitrogens with two attached hydrogens (primary N) is 1. The lowest BCUT2D eigenvalue weighted by atomic mass is 10.1. The van der Waals surface area contributed by atoms with Crippen LogP contribution in [0.4, 0.5) is 5.69 Å². The number of amides is 1. The third kappa shape index (κ3) is 2.81. The first-order chi connectivity index (χ1) is 8.68. The summed E-state index contributed by atoms with van der Waals surface area (Å²) in [6.07, 6.45) is 0.776. The molecule has 0 unspecified atom stereocenters. The zero-order chi connectivity index (χ0) is 13.0. The summed E-state index contributed by atoms with van der Waals surface area (Å²) < 4.78 is 0. The fourth-order valence-electron chi connectivity index (χ4n) is 1.60. The van der Waals surface area contributed by atoms with E-state index < -0.39 is 0 Å². The number of rotatable bonds is 4. The van der Waals surface area contributed by atoms with Crippen molar-refractivity contribution >= 4 is 22.9 Å². The van der Waals surface area contributed by atoms with Crippen LogP contribution in [0.5, 0.6) is 5.75 Å². The minimum absolute atomic E-state index is 0.162. The van der Waals surface area contributed by atoms with E-state index in [2.05, 4.69) is 5.32 Å². The zero-order valence-electron chi connectivity index (χ0n) is 9.72. The van der Waals surface area contributed by atoms with E-state index in [1.807, 2.05) is 16.8 Å². The highest BCUT2D eigenvalue weighted by atomic mass is 32.1. The third-order valence-electron chi connectivity index (χ3n) is 2.59. The number of anilines is 1. The first-order valence-electron chi connectivity index (χ1n) is 5.55. The first-order valence-corrected chi connectivity index (χ1v) is 6.49. The molecule has 0 bridgehead atoms. The van der Waals surface area contributed by atoms with E-state index in [0.717, 1.165) is 6.42 Å². The summed E-state index contributed by atoms with van der Waals surface area (Å²) in [7, 11) is 0. The van der Waals surface area contributed by atoms with E-state index >= 15 is 0 Å². The van der Waals surface area contributed by atoms with E-state index in [1.165, 1.54) is 5.56 Å². The number of nitrogens with one attached hydrogen (secondary N) is 1. The molecule has 1 amide bonds. The van der Waals surface area contributed by atoms with Gasteiger partial charge >= 0.3 is 0 Å². The standard InChI is InChI=1S/C13H14N2O2S/c14-11-3-1-2-10(12(11)16)13(17)15-6-4-9-5-7-18-8-9/h1-3,5,7-8,16H,4,6,14H2,(H,15,17). The summed E-state index contributed by atoms with van der Waals surface area (Å²) in [6.45, 7) is 0.532. The quantitative estimate of drug-likeness (QED) is 0.583. The maximum absolute atomic E-state index is 11.8. The van der Waals surface area contributed by atoms with Gasteiger partial charge in [-0.2, -0.15) is 11.3 Å². The monoisotopic (exact) mass is 262 g/mol. The van der Waals surface area contributed by atoms with Gasteiger partial charge in [-0.05, 0) is 40.9 Å². The van der Waals surface area contributed by atoms with Crippen LogP contribution in [-0.2, 0) is 6.42 Å². The summed E-state index contributed by atoms with van der Waals surface area (Å²) in [5, 5.41) is 16.5. The topological polar surface area (TPSA) is 75.4 Å². The average Bonchev–Trinajstić information content (AvgIpc) is 2.85. The van der Waals surface area contributed by atoms with Crippen LogP contribution in [0.1, 0.15) is 15.9 Å². The molecule has 4 N–H and O–H groups in total. The molecule has 0 fully saturated rings. The molecule has 0 saturated heterocycles. The van der Waals surface area contributed by atoms with Crippen LogP contribution < -0.4 is 11.1 Å². The Labute approximate surface area is 109 Å². The van der Waals surface area contributed by atoms with Gasteiger partial charge in [-0.1, -0.05) is 6.07 Å². The highest BCUT2D eigenvalue weighted by molar-refractivity contribution is 7.07. The van der Waals surface area contributed by atoms with Crippen LogP contribution in [0.15, 0.2) is 35.0 Å². The molecule has 5 heteroatoms. The van der Waals surface area contributed by atoms with Crippen molar-refractivity contribution in [3.05, 3.63) is 46.2 Å². The van der Waals surface area contributed by atoms with Crippen molar-refractivity contribution in [3.8, 4) is 5.75 Å². The van der Waals surface area contributed by atoms with Crippen molar-refractivity contribution < 1.29 is 9.90 Å². The van der Waals surface area contributed by atoms with E-state index in [4.69, 9.17) is 5.73 Å². The van der Waals surface area contributed by atoms with Crippen molar-refractivity contribution in [2.75, 3.05) is 12.3 Å². The molecule has 1 aromatic carbocycles. The maximum Gasteiger partial charge on any atom is 0.255 e. The lowest BCUT2D eigenvalue weighted by Crippen LogP contribution is -2.25. The summed E-state index contributed by atoms with van der Waals surface area (Å²) in [6, 6.07) is 6.76. The molecular weight excluding hydrogens is 248 g/mol. The fourth-order valence-corrected chi connectivity index (χ4v) is 2.30. The first kappa shape index (κ1) is 12.4. The van der Waals surface area contributed by atoms with Crippen molar-refractivity contribution in [2.45, 2.75) is 6.42 Å². The van der Waals surface area contributed by atoms with Gasteiger partial charge in [0.05, 0.1) is 11.3 Å². The Morgan fingerprint density at radius 1 is 1.39 bits per heavy atom. The third-order valence-corrected chi connectivity index (χ3v) is 3.32. The van der Waals surface area contributed by atoms with Crippen LogP contribution in [0.3, 0.4) is 0 Å². The Kier molecular flexibility index (Phi) is 3.84. The molecular formula is C13H14N2O2S. The Hall–Kier alpha value is -2.01. The number of para-hydroxylation sites is 1. The average molecular weight is 262 g/mol. The lowest BCUT2D eigenvalue weighted by molar-refractivity contribution is 0.0951. The van der Waals surface area contributed by atoms with Crippen LogP contribution >= 0.6 is 11.3 Å². The molecule has 0 aliphatic carbocycles. The van der Waals surface area contributed by atoms with Gasteiger partial charge in [-0.15, -0.1) is 0 Å². The van der Waals surface area contributed by atoms with Crippen molar-refractivity contribution in [3.63, 3.8) is 0 Å². The Balaban J connectivity index is 1.93. The second-order valence-corrected chi connectivity index (χ2v) is 4.66. The molecule has 2 rings (SSSR count). The highest BCUT2D eigenvalue weighted by Gasteiger charge is 2.12. The van der Waals surface area contributed by atoms with Crippen LogP contribution in [0.2, 0.25) is 0 Å². The molecule has 0 radical (unpaired) electrons. The molecule has 2 aromatic rings. The molecule has 0 aliphatic heterocycles. The molecule has 4 nitrogen and oxygen atoms in total. The Morgan fingerprint density at radius 2 is 2.22 bits per heavy atom. The van der Waals surface area contributed by atoms with E-state index in [0.29, 0.717) is 6.54 Å². The second-order valence-electron chi connectivity index (χ2n) is 3.88. The van der Waals surface area contributed by atoms with Crippen molar-refractivity contribution in [1.29, 1.82) is 0 Å². The number of benzene rings is 1. The summed E-state index contributed by atoms with van der Waals surface area (Å²) in [4.78, 5) is 11.8. The molecule has 94 valence electrons. The SMILES string of the molecule is Nc1cccc(C(=O)NCCc2ccsc2)c1O. The summed E-state index contributed by atoms with van der Waals surface area (Å²) >= 11 is 1.63. The number of phenols is 1. The number of hydrogen-bond acceptors (Lipinski definition) is 4. The molecule has 0 atom stereocenters. The van der Waals surface area contributed by atoms with Crippen LogP contribution in [0.25, 0.3) is 0 Å². The second kappa shape index (κ2) is 5.55. The number of thiophene rings is 1. The number of hydrogen-bond donors (Lipinski definition) is 3. The fraction of sp³-hybridized carbons (Fsp3) is 0.154. The molecule has 1 heterocycles. The van der Waals surface area contributed by atoms with Gasteiger partial charge in [0.25, 0.3) is 5.91 Å². The molecule has 1 aromatic heterocycles. The summed E-state index contributed by atoms with van der Waals surface area (Å²) in [5.74, 6) is -0.472. The summed E-state index contributed by atoms with van der Waals surface area (Å²) in [5.41, 5.74) is 7.14. The number of carbonyl (C=O) groups excluding carboxylic acids is 1. The van der Waals surface area contributed by atoms with Gasteiger partial charge in [-0.25, -0.2) is 0 Å². The van der Waals surface area contributed by atoms with Gasteiger partial charge in [0.2, 0.25) is 0 Å². The Morgan fingerprint density at radius 3 is 2.94 bits per heavy atom. The van der Waals surface area contributed by atoms with Gasteiger partial charge in [0.15, 0.2) is 5.75 Å². The molecule has 0 aliphatic rings. The van der Waals surface area contributed by atoms with Crippen LogP contribution in [0, 0.1) is 0 Å². The van der Waals surface area contributed by atoms with E-state index in [1.54, 1.807) is 29.5 Å². The van der Waals surface area contributed by atoms with E-state index in [-0.39, 0.29) is 22.9 Å². The smallest absolute Gasteiger partial charge is 0.255 e. The number of phenolic OH excluding ortho intramolecular Hbond substituents is 1. The largest absolute Gasteiger partial charge is 0.505 e. The maximum atomic E-state index is 11.8.